The van der Waals surface area contributed by atoms with Crippen molar-refractivity contribution < 1.29 is 4.79 Å². The van der Waals surface area contributed by atoms with Gasteiger partial charge >= 0.3 is 0 Å². The predicted molar refractivity (Wildman–Crippen MR) is 116 cm³/mol. The smallest absolute Gasteiger partial charge is 0.211 e. The third-order valence-corrected chi connectivity index (χ3v) is 5.25. The van der Waals surface area contributed by atoms with Crippen LogP contribution >= 0.6 is 0 Å². The van der Waals surface area contributed by atoms with E-state index in [2.05, 4.69) is 26.3 Å². The van der Waals surface area contributed by atoms with Crippen molar-refractivity contribution in [1.29, 1.82) is 5.41 Å². The highest BCUT2D eigenvalue weighted by molar-refractivity contribution is 5.95. The summed E-state index contributed by atoms with van der Waals surface area (Å²) < 4.78 is 0. The number of rotatable bonds is 5. The summed E-state index contributed by atoms with van der Waals surface area (Å²) in [5.74, 6) is 0.863. The third kappa shape index (κ3) is 3.54. The predicted octanol–water partition coefficient (Wildman–Crippen LogP) is 3.02. The topological polar surface area (TPSA) is 108 Å². The third-order valence-electron chi connectivity index (χ3n) is 5.25. The quantitative estimate of drug-likeness (QED) is 0.461. The van der Waals surface area contributed by atoms with Gasteiger partial charge in [0.2, 0.25) is 6.41 Å². The summed E-state index contributed by atoms with van der Waals surface area (Å²) in [7, 11) is 0. The molecule has 0 unspecified atom stereocenters. The molecule has 4 N–H and O–H groups in total. The lowest BCUT2D eigenvalue weighted by atomic mass is 9.98. The van der Waals surface area contributed by atoms with Crippen molar-refractivity contribution >= 4 is 40.7 Å². The first kappa shape index (κ1) is 18.6. The maximum absolute atomic E-state index is 10.8. The van der Waals surface area contributed by atoms with E-state index in [9.17, 15) is 4.79 Å². The van der Waals surface area contributed by atoms with Crippen LogP contribution in [0.5, 0.6) is 0 Å². The van der Waals surface area contributed by atoms with Gasteiger partial charge in [0.15, 0.2) is 0 Å². The fourth-order valence-corrected chi connectivity index (χ4v) is 3.83. The Morgan fingerprint density at radius 1 is 1.24 bits per heavy atom. The molecule has 0 saturated carbocycles. The minimum atomic E-state index is 0.536. The lowest BCUT2D eigenvalue weighted by Crippen LogP contribution is -2.31. The molecule has 1 aromatic heterocycles. The molecule has 0 saturated heterocycles. The summed E-state index contributed by atoms with van der Waals surface area (Å²) >= 11 is 0. The van der Waals surface area contributed by atoms with Gasteiger partial charge in [-0.05, 0) is 65.9 Å². The summed E-state index contributed by atoms with van der Waals surface area (Å²) in [5.41, 5.74) is 12.7. The van der Waals surface area contributed by atoms with Crippen LogP contribution in [0.3, 0.4) is 0 Å². The number of hydrogen-bond acceptors (Lipinski definition) is 6. The van der Waals surface area contributed by atoms with Crippen LogP contribution in [0.15, 0.2) is 42.7 Å². The van der Waals surface area contributed by atoms with E-state index >= 15 is 0 Å². The van der Waals surface area contributed by atoms with Crippen molar-refractivity contribution in [2.45, 2.75) is 19.9 Å². The molecule has 7 nitrogen and oxygen atoms in total. The minimum absolute atomic E-state index is 0.536. The number of fused-ring (bicyclic) bond motifs is 2. The molecule has 7 heteroatoms. The van der Waals surface area contributed by atoms with Gasteiger partial charge in [-0.2, -0.15) is 0 Å². The molecule has 1 amide bonds. The van der Waals surface area contributed by atoms with E-state index < -0.39 is 0 Å². The second kappa shape index (κ2) is 7.71. The van der Waals surface area contributed by atoms with Crippen LogP contribution in [-0.2, 0) is 17.8 Å². The first-order valence-electron chi connectivity index (χ1n) is 9.39. The zero-order chi connectivity index (χ0) is 20.4. The Morgan fingerprint density at radius 3 is 2.90 bits per heavy atom. The van der Waals surface area contributed by atoms with Crippen molar-refractivity contribution in [3.8, 4) is 0 Å². The molecule has 0 radical (unpaired) electrons. The standard InChI is InChI=1S/C22H22N6O/c1-14-8-16(20(24)4-6-23)10-19-21(14)25-12-26-22(19)28-7-5-15-2-3-18(27-13-29)9-17(15)11-28/h2-4,6,8-10,12-13,23H,5,7,11,24H2,1H3,(H,27,29)/b20-4-,23-6?. The van der Waals surface area contributed by atoms with Crippen molar-refractivity contribution in [1.82, 2.24) is 9.97 Å². The van der Waals surface area contributed by atoms with E-state index in [1.807, 2.05) is 31.2 Å². The number of allylic oxidation sites excluding steroid dienone is 1. The lowest BCUT2D eigenvalue weighted by molar-refractivity contribution is -0.105. The van der Waals surface area contributed by atoms with Gasteiger partial charge in [0.1, 0.15) is 12.1 Å². The van der Waals surface area contributed by atoms with Crippen LogP contribution in [0, 0.1) is 12.3 Å². The van der Waals surface area contributed by atoms with Gasteiger partial charge in [-0.3, -0.25) is 4.79 Å². The van der Waals surface area contributed by atoms with E-state index in [1.165, 1.54) is 17.3 Å². The number of carbonyl (C=O) groups excluding carboxylic acids is 1. The highest BCUT2D eigenvalue weighted by Gasteiger charge is 2.21. The van der Waals surface area contributed by atoms with E-state index in [-0.39, 0.29) is 0 Å². The van der Waals surface area contributed by atoms with Crippen molar-refractivity contribution in [2.24, 2.45) is 5.73 Å². The first-order chi connectivity index (χ1) is 14.1. The molecular weight excluding hydrogens is 364 g/mol. The molecule has 4 rings (SSSR count). The SMILES string of the molecule is Cc1cc(/C(N)=C/C=N)cc2c(N3CCc4ccc(NC=O)cc4C3)ncnc12. The number of nitrogens with zero attached hydrogens (tertiary/aromatic N) is 3. The number of aryl methyl sites for hydroxylation is 1. The van der Waals surface area contributed by atoms with Gasteiger partial charge in [-0.1, -0.05) is 6.07 Å². The number of benzene rings is 2. The van der Waals surface area contributed by atoms with Crippen LogP contribution < -0.4 is 16.0 Å². The molecule has 0 aliphatic carbocycles. The van der Waals surface area contributed by atoms with Gasteiger partial charge in [0.25, 0.3) is 0 Å². The molecule has 0 bridgehead atoms. The van der Waals surface area contributed by atoms with Crippen molar-refractivity contribution in [3.63, 3.8) is 0 Å². The van der Waals surface area contributed by atoms with Gasteiger partial charge in [0, 0.05) is 36.1 Å². The molecular formula is C22H22N6O. The number of carbonyl (C=O) groups is 1. The summed E-state index contributed by atoms with van der Waals surface area (Å²) in [4.78, 5) is 22.1. The number of aromatic nitrogens is 2. The maximum atomic E-state index is 10.8. The fourth-order valence-electron chi connectivity index (χ4n) is 3.83. The van der Waals surface area contributed by atoms with E-state index in [4.69, 9.17) is 11.1 Å². The number of anilines is 2. The average Bonchev–Trinajstić information content (AvgIpc) is 2.73. The summed E-state index contributed by atoms with van der Waals surface area (Å²) in [6, 6.07) is 9.99. The molecule has 2 aromatic carbocycles. The van der Waals surface area contributed by atoms with Crippen molar-refractivity contribution in [3.05, 3.63) is 65.0 Å². The van der Waals surface area contributed by atoms with Crippen LogP contribution in [0.2, 0.25) is 0 Å². The molecule has 0 atom stereocenters. The Hall–Kier alpha value is -3.74. The normalized spacial score (nSPS) is 13.8. The lowest BCUT2D eigenvalue weighted by Gasteiger charge is -2.31. The monoisotopic (exact) mass is 386 g/mol. The van der Waals surface area contributed by atoms with E-state index in [0.717, 1.165) is 46.5 Å². The second-order valence-corrected chi connectivity index (χ2v) is 7.09. The largest absolute Gasteiger partial charge is 0.398 e. The van der Waals surface area contributed by atoms with Crippen LogP contribution in [0.4, 0.5) is 11.5 Å². The second-order valence-electron chi connectivity index (χ2n) is 7.09. The number of amides is 1. The summed E-state index contributed by atoms with van der Waals surface area (Å²) in [5, 5.41) is 10.9. The zero-order valence-corrected chi connectivity index (χ0v) is 16.1. The minimum Gasteiger partial charge on any atom is -0.398 e. The van der Waals surface area contributed by atoms with Crippen LogP contribution in [0.25, 0.3) is 16.6 Å². The molecule has 1 aliphatic rings. The highest BCUT2D eigenvalue weighted by atomic mass is 16.1. The summed E-state index contributed by atoms with van der Waals surface area (Å²) in [6.45, 7) is 3.54. The Balaban J connectivity index is 1.78. The maximum Gasteiger partial charge on any atom is 0.211 e. The first-order valence-corrected chi connectivity index (χ1v) is 9.39. The van der Waals surface area contributed by atoms with Gasteiger partial charge in [-0.25, -0.2) is 9.97 Å². The van der Waals surface area contributed by atoms with Crippen molar-refractivity contribution in [2.75, 3.05) is 16.8 Å². The Labute approximate surface area is 168 Å². The number of nitrogens with one attached hydrogen (secondary N) is 2. The summed E-state index contributed by atoms with van der Waals surface area (Å²) in [6.07, 6.45) is 5.95. The molecule has 1 aliphatic heterocycles. The Morgan fingerprint density at radius 2 is 2.10 bits per heavy atom. The number of nitrogens with two attached hydrogens (primary N) is 1. The van der Waals surface area contributed by atoms with Gasteiger partial charge < -0.3 is 21.4 Å². The van der Waals surface area contributed by atoms with Gasteiger partial charge in [-0.15, -0.1) is 0 Å². The average molecular weight is 386 g/mol. The molecule has 29 heavy (non-hydrogen) atoms. The number of hydrogen-bond donors (Lipinski definition) is 3. The fraction of sp³-hybridized carbons (Fsp3) is 0.182. The molecule has 2 heterocycles. The van der Waals surface area contributed by atoms with Crippen LogP contribution in [-0.4, -0.2) is 29.1 Å². The Kier molecular flexibility index (Phi) is 4.95. The zero-order valence-electron chi connectivity index (χ0n) is 16.1. The Bertz CT molecular complexity index is 1140. The van der Waals surface area contributed by atoms with E-state index in [0.29, 0.717) is 18.7 Å². The molecule has 0 spiro atoms. The molecule has 3 aromatic rings. The molecule has 0 fully saturated rings. The van der Waals surface area contributed by atoms with Gasteiger partial charge in [0.05, 0.1) is 5.52 Å². The molecule has 146 valence electrons. The van der Waals surface area contributed by atoms with E-state index in [1.54, 1.807) is 12.4 Å². The highest BCUT2D eigenvalue weighted by Crippen LogP contribution is 2.32. The van der Waals surface area contributed by atoms with Crippen LogP contribution in [0.1, 0.15) is 22.3 Å².